The topological polar surface area (TPSA) is 84.9 Å². The standard InChI is InChI=1S/C22H27FN2O5S/c1-15-6-4-5-11-25(15)31(27,28)21-13-17(8-10-20(21)30-3)22(26)24-14-16-7-9-19(29-2)18(23)12-16/h7-10,12-13,15H,4-6,11,14H2,1-3H3,(H,24,26). The number of carbonyl (C=O) groups excluding carboxylic acids is 1. The van der Waals surface area contributed by atoms with E-state index in [-0.39, 0.29) is 34.5 Å². The summed E-state index contributed by atoms with van der Waals surface area (Å²) in [6.07, 6.45) is 2.57. The molecule has 0 saturated carbocycles. The number of piperidine rings is 1. The fourth-order valence-corrected chi connectivity index (χ4v) is 5.56. The average molecular weight is 451 g/mol. The Hall–Kier alpha value is -2.65. The van der Waals surface area contributed by atoms with Gasteiger partial charge in [0, 0.05) is 24.7 Å². The Morgan fingerprint density at radius 2 is 1.84 bits per heavy atom. The van der Waals surface area contributed by atoms with Crippen molar-refractivity contribution in [2.75, 3.05) is 20.8 Å². The van der Waals surface area contributed by atoms with E-state index >= 15 is 0 Å². The number of rotatable bonds is 7. The Bertz CT molecular complexity index is 1060. The smallest absolute Gasteiger partial charge is 0.251 e. The molecule has 0 radical (unpaired) electrons. The average Bonchev–Trinajstić information content (AvgIpc) is 2.77. The van der Waals surface area contributed by atoms with Gasteiger partial charge in [0.1, 0.15) is 10.6 Å². The van der Waals surface area contributed by atoms with E-state index in [1.54, 1.807) is 6.07 Å². The number of methoxy groups -OCH3 is 2. The molecule has 1 heterocycles. The summed E-state index contributed by atoms with van der Waals surface area (Å²) in [5, 5.41) is 2.69. The predicted molar refractivity (Wildman–Crippen MR) is 114 cm³/mol. The molecule has 1 atom stereocenters. The first-order valence-electron chi connectivity index (χ1n) is 10.1. The summed E-state index contributed by atoms with van der Waals surface area (Å²) in [7, 11) is -1.06. The van der Waals surface area contributed by atoms with Crippen LogP contribution in [0.3, 0.4) is 0 Å². The first-order chi connectivity index (χ1) is 14.8. The molecule has 1 N–H and O–H groups in total. The minimum atomic E-state index is -3.83. The van der Waals surface area contributed by atoms with E-state index in [0.29, 0.717) is 12.1 Å². The Kier molecular flexibility index (Phi) is 7.17. The van der Waals surface area contributed by atoms with Gasteiger partial charge >= 0.3 is 0 Å². The summed E-state index contributed by atoms with van der Waals surface area (Å²) in [6, 6.07) is 8.59. The molecule has 1 saturated heterocycles. The summed E-state index contributed by atoms with van der Waals surface area (Å²) >= 11 is 0. The largest absolute Gasteiger partial charge is 0.495 e. The monoisotopic (exact) mass is 450 g/mol. The highest BCUT2D eigenvalue weighted by molar-refractivity contribution is 7.89. The van der Waals surface area contributed by atoms with Crippen LogP contribution in [0.5, 0.6) is 11.5 Å². The summed E-state index contributed by atoms with van der Waals surface area (Å²) in [6.45, 7) is 2.40. The van der Waals surface area contributed by atoms with Crippen molar-refractivity contribution in [3.8, 4) is 11.5 Å². The molecule has 7 nitrogen and oxygen atoms in total. The number of carbonyl (C=O) groups is 1. The zero-order valence-electron chi connectivity index (χ0n) is 17.9. The molecule has 0 aliphatic carbocycles. The van der Waals surface area contributed by atoms with E-state index < -0.39 is 21.7 Å². The number of ether oxygens (including phenoxy) is 2. The fourth-order valence-electron chi connectivity index (χ4n) is 3.68. The molecule has 2 aromatic carbocycles. The van der Waals surface area contributed by atoms with E-state index in [1.807, 2.05) is 6.92 Å². The second-order valence-corrected chi connectivity index (χ2v) is 9.34. The van der Waals surface area contributed by atoms with Gasteiger partial charge in [0.25, 0.3) is 5.91 Å². The molecule has 9 heteroatoms. The van der Waals surface area contributed by atoms with Crippen molar-refractivity contribution in [2.24, 2.45) is 0 Å². The summed E-state index contributed by atoms with van der Waals surface area (Å²) in [5.41, 5.74) is 0.730. The first kappa shape index (κ1) is 23.0. The molecular weight excluding hydrogens is 423 g/mol. The Morgan fingerprint density at radius 3 is 2.48 bits per heavy atom. The maximum Gasteiger partial charge on any atom is 0.251 e. The number of amides is 1. The summed E-state index contributed by atoms with van der Waals surface area (Å²) in [5.74, 6) is -0.691. The zero-order chi connectivity index (χ0) is 22.6. The normalized spacial score (nSPS) is 17.2. The van der Waals surface area contributed by atoms with Gasteiger partial charge in [-0.1, -0.05) is 12.5 Å². The molecule has 1 amide bonds. The minimum Gasteiger partial charge on any atom is -0.495 e. The number of hydrogen-bond donors (Lipinski definition) is 1. The fraction of sp³-hybridized carbons (Fsp3) is 0.409. The van der Waals surface area contributed by atoms with Gasteiger partial charge in [-0.3, -0.25) is 4.79 Å². The van der Waals surface area contributed by atoms with Gasteiger partial charge in [0.05, 0.1) is 14.2 Å². The van der Waals surface area contributed by atoms with Gasteiger partial charge in [-0.15, -0.1) is 0 Å². The van der Waals surface area contributed by atoms with Crippen LogP contribution in [0.25, 0.3) is 0 Å². The van der Waals surface area contributed by atoms with E-state index in [4.69, 9.17) is 9.47 Å². The summed E-state index contributed by atoms with van der Waals surface area (Å²) < 4.78 is 52.0. The number of hydrogen-bond acceptors (Lipinski definition) is 5. The van der Waals surface area contributed by atoms with E-state index in [0.717, 1.165) is 19.3 Å². The highest BCUT2D eigenvalue weighted by Gasteiger charge is 2.33. The number of nitrogens with one attached hydrogen (secondary N) is 1. The maximum absolute atomic E-state index is 13.9. The van der Waals surface area contributed by atoms with E-state index in [9.17, 15) is 17.6 Å². The molecule has 0 aromatic heterocycles. The zero-order valence-corrected chi connectivity index (χ0v) is 18.7. The van der Waals surface area contributed by atoms with Crippen molar-refractivity contribution in [2.45, 2.75) is 43.7 Å². The second kappa shape index (κ2) is 9.65. The number of halogens is 1. The van der Waals surface area contributed by atoms with Crippen molar-refractivity contribution < 1.29 is 27.1 Å². The molecule has 3 rings (SSSR count). The quantitative estimate of drug-likeness (QED) is 0.699. The van der Waals surface area contributed by atoms with Crippen LogP contribution in [0, 0.1) is 5.82 Å². The van der Waals surface area contributed by atoms with Crippen LogP contribution in [-0.2, 0) is 16.6 Å². The first-order valence-corrected chi connectivity index (χ1v) is 11.5. The van der Waals surface area contributed by atoms with Crippen LogP contribution in [-0.4, -0.2) is 45.4 Å². The molecule has 31 heavy (non-hydrogen) atoms. The van der Waals surface area contributed by atoms with Crippen LogP contribution in [0.1, 0.15) is 42.1 Å². The Morgan fingerprint density at radius 1 is 1.13 bits per heavy atom. The van der Waals surface area contributed by atoms with Crippen molar-refractivity contribution in [3.63, 3.8) is 0 Å². The van der Waals surface area contributed by atoms with Crippen LogP contribution in [0.2, 0.25) is 0 Å². The van der Waals surface area contributed by atoms with Gasteiger partial charge in [0.15, 0.2) is 11.6 Å². The van der Waals surface area contributed by atoms with Crippen molar-refractivity contribution in [3.05, 3.63) is 53.3 Å². The van der Waals surface area contributed by atoms with E-state index in [1.165, 1.54) is 48.9 Å². The highest BCUT2D eigenvalue weighted by Crippen LogP contribution is 2.31. The van der Waals surface area contributed by atoms with Crippen molar-refractivity contribution in [1.29, 1.82) is 0 Å². The van der Waals surface area contributed by atoms with Crippen LogP contribution >= 0.6 is 0 Å². The lowest BCUT2D eigenvalue weighted by Crippen LogP contribution is -2.42. The maximum atomic E-state index is 13.9. The van der Waals surface area contributed by atoms with Crippen molar-refractivity contribution >= 4 is 15.9 Å². The second-order valence-electron chi connectivity index (χ2n) is 7.48. The van der Waals surface area contributed by atoms with Gasteiger partial charge in [-0.05, 0) is 55.7 Å². The molecule has 168 valence electrons. The third-order valence-electron chi connectivity index (χ3n) is 5.42. The van der Waals surface area contributed by atoms with Crippen molar-refractivity contribution in [1.82, 2.24) is 9.62 Å². The van der Waals surface area contributed by atoms with Gasteiger partial charge in [-0.25, -0.2) is 12.8 Å². The number of nitrogens with zero attached hydrogens (tertiary/aromatic N) is 1. The predicted octanol–water partition coefficient (Wildman–Crippen LogP) is 3.34. The SMILES string of the molecule is COc1ccc(CNC(=O)c2ccc(OC)c(S(=O)(=O)N3CCCCC3C)c2)cc1F. The Labute approximate surface area is 182 Å². The van der Waals surface area contributed by atoms with Crippen LogP contribution in [0.15, 0.2) is 41.3 Å². The lowest BCUT2D eigenvalue weighted by Gasteiger charge is -2.32. The van der Waals surface area contributed by atoms with Gasteiger partial charge in [0.2, 0.25) is 10.0 Å². The lowest BCUT2D eigenvalue weighted by molar-refractivity contribution is 0.0950. The minimum absolute atomic E-state index is 0.0353. The molecule has 0 bridgehead atoms. The van der Waals surface area contributed by atoms with Crippen LogP contribution in [0.4, 0.5) is 4.39 Å². The van der Waals surface area contributed by atoms with Gasteiger partial charge in [-0.2, -0.15) is 4.31 Å². The number of sulfonamides is 1. The van der Waals surface area contributed by atoms with Crippen LogP contribution < -0.4 is 14.8 Å². The lowest BCUT2D eigenvalue weighted by atomic mass is 10.1. The molecule has 1 unspecified atom stereocenters. The molecule has 2 aromatic rings. The molecule has 1 fully saturated rings. The molecular formula is C22H27FN2O5S. The number of benzene rings is 2. The molecule has 1 aliphatic rings. The summed E-state index contributed by atoms with van der Waals surface area (Å²) in [4.78, 5) is 12.6. The highest BCUT2D eigenvalue weighted by atomic mass is 32.2. The Balaban J connectivity index is 1.82. The molecule has 0 spiro atoms. The third kappa shape index (κ3) is 4.99. The van der Waals surface area contributed by atoms with E-state index in [2.05, 4.69) is 5.32 Å². The van der Waals surface area contributed by atoms with Gasteiger partial charge < -0.3 is 14.8 Å². The third-order valence-corrected chi connectivity index (χ3v) is 7.46. The molecule has 1 aliphatic heterocycles.